The predicted octanol–water partition coefficient (Wildman–Crippen LogP) is 2.96. The molecule has 24 heavy (non-hydrogen) atoms. The van der Waals surface area contributed by atoms with E-state index in [0.29, 0.717) is 5.69 Å². The lowest BCUT2D eigenvalue weighted by atomic mass is 10.1. The Kier molecular flexibility index (Phi) is 4.72. The van der Waals surface area contributed by atoms with Gasteiger partial charge >= 0.3 is 5.97 Å². The summed E-state index contributed by atoms with van der Waals surface area (Å²) in [4.78, 5) is 27.4. The van der Waals surface area contributed by atoms with Gasteiger partial charge in [-0.05, 0) is 23.8 Å². The Morgan fingerprint density at radius 3 is 2.92 bits per heavy atom. The maximum atomic E-state index is 12.0. The van der Waals surface area contributed by atoms with Gasteiger partial charge in [-0.25, -0.2) is 9.78 Å². The second kappa shape index (κ2) is 7.10. The van der Waals surface area contributed by atoms with Crippen molar-refractivity contribution in [1.82, 2.24) is 10.3 Å². The van der Waals surface area contributed by atoms with E-state index in [0.717, 1.165) is 16.1 Å². The molecular formula is C17H14N2O4S. The van der Waals surface area contributed by atoms with Crippen LogP contribution in [0.1, 0.15) is 21.6 Å². The van der Waals surface area contributed by atoms with E-state index < -0.39 is 5.97 Å². The lowest BCUT2D eigenvalue weighted by Crippen LogP contribution is -2.24. The lowest BCUT2D eigenvalue weighted by molar-refractivity contribution is -0.120. The standard InChI is InChI=1S/C17H14N2O4S/c20-15(18-8-11-2-1-3-12(6-11)17(21)22)7-14-10-24-16(19-14)13-4-5-23-9-13/h1-6,9-10H,7-8H2,(H,18,20)(H,21,22). The molecule has 0 radical (unpaired) electrons. The molecular weight excluding hydrogens is 328 g/mol. The van der Waals surface area contributed by atoms with Crippen molar-refractivity contribution >= 4 is 23.2 Å². The molecule has 0 atom stereocenters. The third-order valence-corrected chi connectivity index (χ3v) is 4.27. The highest BCUT2D eigenvalue weighted by Gasteiger charge is 2.10. The second-order valence-corrected chi connectivity index (χ2v) is 5.97. The molecule has 2 aromatic heterocycles. The molecule has 6 nitrogen and oxygen atoms in total. The van der Waals surface area contributed by atoms with Crippen LogP contribution in [0.4, 0.5) is 0 Å². The number of aromatic carboxylic acids is 1. The first-order valence-electron chi connectivity index (χ1n) is 7.18. The van der Waals surface area contributed by atoms with E-state index in [-0.39, 0.29) is 24.4 Å². The van der Waals surface area contributed by atoms with E-state index in [9.17, 15) is 9.59 Å². The number of nitrogens with zero attached hydrogens (tertiary/aromatic N) is 1. The summed E-state index contributed by atoms with van der Waals surface area (Å²) >= 11 is 1.45. The molecule has 0 aliphatic carbocycles. The van der Waals surface area contributed by atoms with Gasteiger partial charge in [-0.1, -0.05) is 12.1 Å². The van der Waals surface area contributed by atoms with Gasteiger partial charge in [0.2, 0.25) is 5.91 Å². The van der Waals surface area contributed by atoms with Crippen LogP contribution >= 0.6 is 11.3 Å². The van der Waals surface area contributed by atoms with Crippen molar-refractivity contribution in [1.29, 1.82) is 0 Å². The number of furan rings is 1. The molecule has 7 heteroatoms. The van der Waals surface area contributed by atoms with Crippen molar-refractivity contribution in [3.8, 4) is 10.6 Å². The second-order valence-electron chi connectivity index (χ2n) is 5.12. The highest BCUT2D eigenvalue weighted by Crippen LogP contribution is 2.24. The van der Waals surface area contributed by atoms with Crippen molar-refractivity contribution in [2.45, 2.75) is 13.0 Å². The molecule has 1 aromatic carbocycles. The number of hydrogen-bond donors (Lipinski definition) is 2. The van der Waals surface area contributed by atoms with Gasteiger partial charge in [0.05, 0.1) is 23.9 Å². The minimum Gasteiger partial charge on any atom is -0.478 e. The third kappa shape index (κ3) is 3.88. The summed E-state index contributed by atoms with van der Waals surface area (Å²) < 4.78 is 5.02. The van der Waals surface area contributed by atoms with Gasteiger partial charge in [0, 0.05) is 17.5 Å². The van der Waals surface area contributed by atoms with E-state index in [1.165, 1.54) is 17.4 Å². The normalized spacial score (nSPS) is 10.5. The molecule has 1 amide bonds. The van der Waals surface area contributed by atoms with Crippen molar-refractivity contribution in [2.24, 2.45) is 0 Å². The molecule has 2 N–H and O–H groups in total. The first kappa shape index (κ1) is 15.9. The van der Waals surface area contributed by atoms with Crippen LogP contribution in [-0.2, 0) is 17.8 Å². The van der Waals surface area contributed by atoms with E-state index in [1.807, 2.05) is 11.4 Å². The van der Waals surface area contributed by atoms with Crippen LogP contribution in [0.25, 0.3) is 10.6 Å². The number of carboxylic acid groups (broad SMARTS) is 1. The molecule has 3 aromatic rings. The van der Waals surface area contributed by atoms with Crippen LogP contribution in [-0.4, -0.2) is 22.0 Å². The lowest BCUT2D eigenvalue weighted by Gasteiger charge is -2.05. The number of aromatic nitrogens is 1. The number of rotatable bonds is 6. The molecule has 0 saturated carbocycles. The number of hydrogen-bond acceptors (Lipinski definition) is 5. The minimum absolute atomic E-state index is 0.167. The molecule has 0 unspecified atom stereocenters. The number of amides is 1. The fourth-order valence-electron chi connectivity index (χ4n) is 2.15. The predicted molar refractivity (Wildman–Crippen MR) is 88.8 cm³/mol. The molecule has 122 valence electrons. The zero-order chi connectivity index (χ0) is 16.9. The Morgan fingerprint density at radius 2 is 2.17 bits per heavy atom. The quantitative estimate of drug-likeness (QED) is 0.718. The first-order chi connectivity index (χ1) is 11.6. The van der Waals surface area contributed by atoms with Crippen molar-refractivity contribution < 1.29 is 19.1 Å². The fourth-order valence-corrected chi connectivity index (χ4v) is 2.95. The van der Waals surface area contributed by atoms with Crippen molar-refractivity contribution in [2.75, 3.05) is 0 Å². The molecule has 0 fully saturated rings. The van der Waals surface area contributed by atoms with Gasteiger partial charge in [0.1, 0.15) is 11.3 Å². The van der Waals surface area contributed by atoms with Crippen molar-refractivity contribution in [3.63, 3.8) is 0 Å². The Morgan fingerprint density at radius 1 is 1.29 bits per heavy atom. The Balaban J connectivity index is 1.56. The molecule has 2 heterocycles. The summed E-state index contributed by atoms with van der Waals surface area (Å²) in [6.45, 7) is 0.276. The number of carboxylic acids is 1. The maximum absolute atomic E-state index is 12.0. The zero-order valence-corrected chi connectivity index (χ0v) is 13.4. The number of nitrogens with one attached hydrogen (secondary N) is 1. The molecule has 0 aliphatic rings. The van der Waals surface area contributed by atoms with E-state index in [1.54, 1.807) is 30.7 Å². The summed E-state index contributed by atoms with van der Waals surface area (Å²) in [5.74, 6) is -1.16. The monoisotopic (exact) mass is 342 g/mol. The largest absolute Gasteiger partial charge is 0.478 e. The molecule has 0 spiro atoms. The Bertz CT molecular complexity index is 855. The molecule has 0 aliphatic heterocycles. The highest BCUT2D eigenvalue weighted by atomic mass is 32.1. The number of carbonyl (C=O) groups excluding carboxylic acids is 1. The summed E-state index contributed by atoms with van der Waals surface area (Å²) in [6, 6.07) is 8.30. The summed E-state index contributed by atoms with van der Waals surface area (Å²) in [7, 11) is 0. The third-order valence-electron chi connectivity index (χ3n) is 3.33. The topological polar surface area (TPSA) is 92.4 Å². The molecule has 0 saturated heterocycles. The van der Waals surface area contributed by atoms with Crippen LogP contribution < -0.4 is 5.32 Å². The van der Waals surface area contributed by atoms with Gasteiger partial charge in [-0.3, -0.25) is 4.79 Å². The Labute approximate surface area is 141 Å². The van der Waals surface area contributed by atoms with Crippen LogP contribution in [0.3, 0.4) is 0 Å². The number of benzene rings is 1. The van der Waals surface area contributed by atoms with E-state index >= 15 is 0 Å². The van der Waals surface area contributed by atoms with Gasteiger partial charge in [0.15, 0.2) is 0 Å². The van der Waals surface area contributed by atoms with Gasteiger partial charge in [-0.15, -0.1) is 11.3 Å². The van der Waals surface area contributed by atoms with Gasteiger partial charge < -0.3 is 14.8 Å². The van der Waals surface area contributed by atoms with Crippen molar-refractivity contribution in [3.05, 3.63) is 65.1 Å². The van der Waals surface area contributed by atoms with Crippen LogP contribution in [0.5, 0.6) is 0 Å². The average Bonchev–Trinajstić information content (AvgIpc) is 3.24. The van der Waals surface area contributed by atoms with Crippen LogP contribution in [0, 0.1) is 0 Å². The fraction of sp³-hybridized carbons (Fsp3) is 0.118. The average molecular weight is 342 g/mol. The summed E-state index contributed by atoms with van der Waals surface area (Å²) in [6.07, 6.45) is 3.36. The van der Waals surface area contributed by atoms with Crippen LogP contribution in [0.2, 0.25) is 0 Å². The summed E-state index contributed by atoms with van der Waals surface area (Å²) in [5.41, 5.74) is 2.51. The molecule has 0 bridgehead atoms. The number of carbonyl (C=O) groups is 2. The van der Waals surface area contributed by atoms with E-state index in [2.05, 4.69) is 10.3 Å². The van der Waals surface area contributed by atoms with Gasteiger partial charge in [0.25, 0.3) is 0 Å². The SMILES string of the molecule is O=C(Cc1csc(-c2ccoc2)n1)NCc1cccc(C(=O)O)c1. The van der Waals surface area contributed by atoms with Gasteiger partial charge in [-0.2, -0.15) is 0 Å². The molecule has 3 rings (SSSR count). The first-order valence-corrected chi connectivity index (χ1v) is 8.05. The minimum atomic E-state index is -0.988. The smallest absolute Gasteiger partial charge is 0.335 e. The zero-order valence-electron chi connectivity index (χ0n) is 12.6. The van der Waals surface area contributed by atoms with E-state index in [4.69, 9.17) is 9.52 Å². The van der Waals surface area contributed by atoms with Crippen LogP contribution in [0.15, 0.2) is 52.7 Å². The Hall–Kier alpha value is -2.93. The summed E-state index contributed by atoms with van der Waals surface area (Å²) in [5, 5.41) is 14.4. The highest BCUT2D eigenvalue weighted by molar-refractivity contribution is 7.13. The maximum Gasteiger partial charge on any atom is 0.335 e. The number of thiazole rings is 1.